The zero-order chi connectivity index (χ0) is 21.4. The smallest absolute Gasteiger partial charge is 0.115 e. The van der Waals surface area contributed by atoms with Crippen molar-refractivity contribution in [1.82, 2.24) is 9.97 Å². The van der Waals surface area contributed by atoms with Crippen molar-refractivity contribution in [3.05, 3.63) is 65.2 Å². The largest absolute Gasteiger partial charge is 0.390 e. The lowest BCUT2D eigenvalue weighted by molar-refractivity contribution is -0.0642. The molecular weight excluding hydrogens is 368 g/mol. The van der Waals surface area contributed by atoms with Crippen molar-refractivity contribution in [2.24, 2.45) is 0 Å². The van der Waals surface area contributed by atoms with Gasteiger partial charge < -0.3 is 20.1 Å². The molecule has 0 amide bonds. The normalized spacial score (nSPS) is 24.9. The Bertz CT molecular complexity index is 761. The second kappa shape index (κ2) is 11.2. The van der Waals surface area contributed by atoms with E-state index in [0.717, 1.165) is 28.9 Å². The molecule has 158 valence electrons. The van der Waals surface area contributed by atoms with Crippen LogP contribution in [-0.2, 0) is 11.2 Å². The summed E-state index contributed by atoms with van der Waals surface area (Å²) in [6.45, 7) is 7.66. The molecule has 2 aromatic rings. The average Bonchev–Trinajstić information content (AvgIpc) is 2.98. The number of aromatic nitrogens is 2. The van der Waals surface area contributed by atoms with E-state index in [9.17, 15) is 15.3 Å². The first kappa shape index (κ1) is 23.2. The number of allylic oxidation sites excluding steroid dienone is 1. The second-order valence-corrected chi connectivity index (χ2v) is 7.34. The van der Waals surface area contributed by atoms with Gasteiger partial charge in [-0.2, -0.15) is 0 Å². The molecule has 6 heteroatoms. The van der Waals surface area contributed by atoms with Gasteiger partial charge in [0.15, 0.2) is 0 Å². The number of aliphatic hydroxyl groups is 3. The highest BCUT2D eigenvalue weighted by atomic mass is 16.6. The van der Waals surface area contributed by atoms with Gasteiger partial charge in [-0.25, -0.2) is 9.97 Å². The molecule has 3 rings (SSSR count). The van der Waals surface area contributed by atoms with Crippen molar-refractivity contribution in [2.75, 3.05) is 0 Å². The fraction of sp³-hybridized carbons (Fsp3) is 0.478. The lowest BCUT2D eigenvalue weighted by atomic mass is 9.99. The van der Waals surface area contributed by atoms with Gasteiger partial charge in [-0.1, -0.05) is 42.5 Å². The van der Waals surface area contributed by atoms with Crippen LogP contribution in [0.2, 0.25) is 0 Å². The Morgan fingerprint density at radius 3 is 2.21 bits per heavy atom. The number of ether oxygens (including phenoxy) is 1. The molecule has 0 saturated carbocycles. The maximum absolute atomic E-state index is 10.0. The Kier molecular flexibility index (Phi) is 8.92. The van der Waals surface area contributed by atoms with E-state index in [4.69, 9.17) is 4.74 Å². The van der Waals surface area contributed by atoms with E-state index in [1.807, 2.05) is 63.3 Å². The third-order valence-corrected chi connectivity index (χ3v) is 5.11. The SMILES string of the molecule is C/C=C\c1c(C)ncnc1C.CC1OC(C(O)CCc2ccccc2)C(O)C1O. The highest BCUT2D eigenvalue weighted by molar-refractivity contribution is 5.53. The van der Waals surface area contributed by atoms with Gasteiger partial charge in [-0.05, 0) is 46.1 Å². The summed E-state index contributed by atoms with van der Waals surface area (Å²) in [7, 11) is 0. The van der Waals surface area contributed by atoms with E-state index in [1.165, 1.54) is 0 Å². The van der Waals surface area contributed by atoms with E-state index in [2.05, 4.69) is 9.97 Å². The lowest BCUT2D eigenvalue weighted by Crippen LogP contribution is -2.38. The van der Waals surface area contributed by atoms with Gasteiger partial charge in [0.2, 0.25) is 0 Å². The predicted molar refractivity (Wildman–Crippen MR) is 113 cm³/mol. The Balaban J connectivity index is 0.000000234. The van der Waals surface area contributed by atoms with E-state index >= 15 is 0 Å². The van der Waals surface area contributed by atoms with Crippen molar-refractivity contribution < 1.29 is 20.1 Å². The van der Waals surface area contributed by atoms with Gasteiger partial charge in [-0.15, -0.1) is 0 Å². The molecule has 0 spiro atoms. The van der Waals surface area contributed by atoms with Crippen molar-refractivity contribution >= 4 is 6.08 Å². The van der Waals surface area contributed by atoms with Crippen LogP contribution in [0, 0.1) is 13.8 Å². The summed E-state index contributed by atoms with van der Waals surface area (Å²) in [4.78, 5) is 8.19. The molecule has 2 heterocycles. The molecule has 1 aromatic carbocycles. The Morgan fingerprint density at radius 2 is 1.69 bits per heavy atom. The fourth-order valence-corrected chi connectivity index (χ4v) is 3.33. The summed E-state index contributed by atoms with van der Waals surface area (Å²) >= 11 is 0. The topological polar surface area (TPSA) is 95.7 Å². The zero-order valence-corrected chi connectivity index (χ0v) is 17.6. The van der Waals surface area contributed by atoms with Crippen LogP contribution in [-0.4, -0.2) is 55.8 Å². The number of rotatable bonds is 5. The highest BCUT2D eigenvalue weighted by Gasteiger charge is 2.43. The number of hydrogen-bond donors (Lipinski definition) is 3. The molecule has 5 atom stereocenters. The molecule has 6 nitrogen and oxygen atoms in total. The average molecular weight is 401 g/mol. The number of hydrogen-bond acceptors (Lipinski definition) is 6. The van der Waals surface area contributed by atoms with Gasteiger partial charge in [0.25, 0.3) is 0 Å². The van der Waals surface area contributed by atoms with Gasteiger partial charge in [0.05, 0.1) is 12.2 Å². The first-order valence-corrected chi connectivity index (χ1v) is 9.99. The zero-order valence-electron chi connectivity index (χ0n) is 17.6. The summed E-state index contributed by atoms with van der Waals surface area (Å²) in [5.74, 6) is 0. The van der Waals surface area contributed by atoms with E-state index in [0.29, 0.717) is 6.42 Å². The molecule has 29 heavy (non-hydrogen) atoms. The Labute approximate surface area is 172 Å². The van der Waals surface area contributed by atoms with Gasteiger partial charge in [0, 0.05) is 17.0 Å². The summed E-state index contributed by atoms with van der Waals surface area (Å²) < 4.78 is 5.39. The Morgan fingerprint density at radius 1 is 1.07 bits per heavy atom. The highest BCUT2D eigenvalue weighted by Crippen LogP contribution is 2.25. The monoisotopic (exact) mass is 400 g/mol. The first-order valence-electron chi connectivity index (χ1n) is 9.99. The van der Waals surface area contributed by atoms with Crippen molar-refractivity contribution in [2.45, 2.75) is 71.1 Å². The van der Waals surface area contributed by atoms with Crippen LogP contribution in [0.3, 0.4) is 0 Å². The molecule has 1 aromatic heterocycles. The number of nitrogens with zero attached hydrogens (tertiary/aromatic N) is 2. The maximum atomic E-state index is 10.0. The fourth-order valence-electron chi connectivity index (χ4n) is 3.33. The van der Waals surface area contributed by atoms with Crippen LogP contribution in [0.5, 0.6) is 0 Å². The van der Waals surface area contributed by atoms with Crippen LogP contribution in [0.25, 0.3) is 6.08 Å². The first-order chi connectivity index (χ1) is 13.8. The number of benzene rings is 1. The number of aryl methyl sites for hydroxylation is 3. The van der Waals surface area contributed by atoms with Crippen LogP contribution in [0.1, 0.15) is 42.8 Å². The molecule has 0 bridgehead atoms. The van der Waals surface area contributed by atoms with Crippen molar-refractivity contribution in [3.8, 4) is 0 Å². The summed E-state index contributed by atoms with van der Waals surface area (Å²) in [6.07, 6.45) is 3.03. The lowest BCUT2D eigenvalue weighted by Gasteiger charge is -2.21. The molecule has 1 aliphatic heterocycles. The van der Waals surface area contributed by atoms with Crippen LogP contribution in [0.15, 0.2) is 42.7 Å². The second-order valence-electron chi connectivity index (χ2n) is 7.34. The van der Waals surface area contributed by atoms with Gasteiger partial charge in [0.1, 0.15) is 24.6 Å². The third-order valence-electron chi connectivity index (χ3n) is 5.11. The molecule has 0 radical (unpaired) electrons. The summed E-state index contributed by atoms with van der Waals surface area (Å²) in [6, 6.07) is 9.84. The van der Waals surface area contributed by atoms with Crippen LogP contribution in [0.4, 0.5) is 0 Å². The van der Waals surface area contributed by atoms with Crippen LogP contribution >= 0.6 is 0 Å². The van der Waals surface area contributed by atoms with Crippen molar-refractivity contribution in [1.29, 1.82) is 0 Å². The van der Waals surface area contributed by atoms with Gasteiger partial charge >= 0.3 is 0 Å². The van der Waals surface area contributed by atoms with E-state index < -0.39 is 30.5 Å². The Hall–Kier alpha value is -2.12. The standard InChI is InChI=1S/C14H20O4.C9H12N2/c1-9-12(16)13(17)14(18-9)11(15)8-7-10-5-3-2-4-6-10;1-4-5-9-7(2)10-6-11-8(9)3/h2-6,9,11-17H,7-8H2,1H3;4-6H,1-3H3/b;5-4-. The number of aliphatic hydroxyl groups excluding tert-OH is 3. The van der Waals surface area contributed by atoms with Crippen LogP contribution < -0.4 is 0 Å². The summed E-state index contributed by atoms with van der Waals surface area (Å²) in [5, 5.41) is 29.4. The van der Waals surface area contributed by atoms with Crippen molar-refractivity contribution in [3.63, 3.8) is 0 Å². The molecule has 0 aliphatic carbocycles. The third kappa shape index (κ3) is 6.44. The minimum Gasteiger partial charge on any atom is -0.390 e. The predicted octanol–water partition coefficient (Wildman–Crippen LogP) is 2.62. The minimum absolute atomic E-state index is 0.434. The molecule has 1 fully saturated rings. The summed E-state index contributed by atoms with van der Waals surface area (Å²) in [5.41, 5.74) is 4.35. The molecule has 1 saturated heterocycles. The molecule has 3 N–H and O–H groups in total. The maximum Gasteiger partial charge on any atom is 0.115 e. The molecule has 5 unspecified atom stereocenters. The van der Waals surface area contributed by atoms with Gasteiger partial charge in [-0.3, -0.25) is 0 Å². The molecule has 1 aliphatic rings. The minimum atomic E-state index is -1.01. The quantitative estimate of drug-likeness (QED) is 0.714. The van der Waals surface area contributed by atoms with E-state index in [1.54, 1.807) is 13.3 Å². The van der Waals surface area contributed by atoms with E-state index in [-0.39, 0.29) is 0 Å². The molecular formula is C23H32N2O4.